The third-order valence-electron chi connectivity index (χ3n) is 6.91. The molecule has 0 atom stereocenters. The van der Waals surface area contributed by atoms with Crippen LogP contribution >= 0.6 is 0 Å². The van der Waals surface area contributed by atoms with E-state index in [0.29, 0.717) is 24.6 Å². The minimum absolute atomic E-state index is 0. The number of anilines is 2. The number of aromatic nitrogens is 4. The van der Waals surface area contributed by atoms with E-state index >= 15 is 0 Å². The fourth-order valence-electron chi connectivity index (χ4n) is 4.95. The summed E-state index contributed by atoms with van der Waals surface area (Å²) < 4.78 is 11.5. The van der Waals surface area contributed by atoms with E-state index < -0.39 is 6.09 Å². The van der Waals surface area contributed by atoms with Gasteiger partial charge in [0.25, 0.3) is 0 Å². The number of methoxy groups -OCH3 is 2. The third-order valence-corrected chi connectivity index (χ3v) is 6.91. The van der Waals surface area contributed by atoms with Crippen LogP contribution < -0.4 is 10.2 Å². The molecule has 2 aliphatic rings. The van der Waals surface area contributed by atoms with E-state index in [1.54, 1.807) is 17.0 Å². The van der Waals surface area contributed by atoms with Crippen LogP contribution in [-0.2, 0) is 9.47 Å². The van der Waals surface area contributed by atoms with Crippen molar-refractivity contribution in [3.63, 3.8) is 0 Å². The molecule has 11 nitrogen and oxygen atoms in total. The first-order valence-electron chi connectivity index (χ1n) is 13.4. The number of likely N-dealkylation sites (tertiary alicyclic amines) is 1. The van der Waals surface area contributed by atoms with Crippen LogP contribution in [0.3, 0.4) is 0 Å². The van der Waals surface area contributed by atoms with Gasteiger partial charge in [0.05, 0.1) is 31.8 Å². The third kappa shape index (κ3) is 5.81. The maximum Gasteiger partial charge on any atom is 0.411 e. The average Bonchev–Trinajstić information content (AvgIpc) is 3.42. The SMILES string of the molecule is CC.COC(=O)Nc1ccc(-c2nc(N3CCCCC3)c3cnn(C4CCN(C(=O)OC)CC4)c3n2)cc1.[HH]. The van der Waals surface area contributed by atoms with Gasteiger partial charge in [-0.05, 0) is 56.4 Å². The molecule has 0 aliphatic carbocycles. The van der Waals surface area contributed by atoms with Gasteiger partial charge in [0, 0.05) is 38.9 Å². The van der Waals surface area contributed by atoms with Crippen LogP contribution in [0.1, 0.15) is 53.4 Å². The molecular formula is C27H39N7O4. The summed E-state index contributed by atoms with van der Waals surface area (Å²) in [6, 6.07) is 7.52. The van der Waals surface area contributed by atoms with Gasteiger partial charge in [-0.3, -0.25) is 5.32 Å². The van der Waals surface area contributed by atoms with E-state index in [-0.39, 0.29) is 13.6 Å². The smallest absolute Gasteiger partial charge is 0.411 e. The van der Waals surface area contributed by atoms with Crippen molar-refractivity contribution in [1.29, 1.82) is 0 Å². The number of benzene rings is 1. The maximum absolute atomic E-state index is 11.9. The molecule has 2 aliphatic heterocycles. The Bertz CT molecular complexity index is 1240. The van der Waals surface area contributed by atoms with Crippen molar-refractivity contribution in [2.24, 2.45) is 0 Å². The number of hydrogen-bond donors (Lipinski definition) is 1. The lowest BCUT2D eigenvalue weighted by molar-refractivity contribution is 0.106. The van der Waals surface area contributed by atoms with Crippen LogP contribution in [0.25, 0.3) is 22.4 Å². The molecule has 0 saturated carbocycles. The highest BCUT2D eigenvalue weighted by Crippen LogP contribution is 2.33. The second-order valence-electron chi connectivity index (χ2n) is 9.13. The normalized spacial score (nSPS) is 16.0. The molecule has 38 heavy (non-hydrogen) atoms. The van der Waals surface area contributed by atoms with Crippen molar-refractivity contribution in [3.8, 4) is 11.4 Å². The number of nitrogens with zero attached hydrogens (tertiary/aromatic N) is 6. The number of carbonyl (C=O) groups is 2. The van der Waals surface area contributed by atoms with Gasteiger partial charge in [0.1, 0.15) is 5.82 Å². The molecule has 0 spiro atoms. The molecular weight excluding hydrogens is 486 g/mol. The van der Waals surface area contributed by atoms with Crippen LogP contribution in [0.4, 0.5) is 21.1 Å². The Morgan fingerprint density at radius 1 is 0.947 bits per heavy atom. The lowest BCUT2D eigenvalue weighted by Gasteiger charge is -2.31. The summed E-state index contributed by atoms with van der Waals surface area (Å²) in [7, 11) is 2.74. The molecule has 2 saturated heterocycles. The lowest BCUT2D eigenvalue weighted by Crippen LogP contribution is -2.39. The number of rotatable bonds is 4. The standard InChI is InChI=1S/C25H31N7O4.C2H6.H2/c1-35-24(33)27-18-8-6-17(7-9-18)21-28-22(30-12-4-3-5-13-30)20-16-26-32(23(20)29-21)19-10-14-31(15-11-19)25(34)36-2;1-2;/h6-9,16,19H,3-5,10-15H2,1-2H3,(H,27,33);1-2H3;1H. The molecule has 5 rings (SSSR count). The van der Waals surface area contributed by atoms with Gasteiger partial charge in [-0.1, -0.05) is 13.8 Å². The Kier molecular flexibility index (Phi) is 8.98. The summed E-state index contributed by atoms with van der Waals surface area (Å²) in [6.07, 6.45) is 6.11. The monoisotopic (exact) mass is 525 g/mol. The Morgan fingerprint density at radius 2 is 1.63 bits per heavy atom. The molecule has 2 amide bonds. The van der Waals surface area contributed by atoms with E-state index in [0.717, 1.165) is 61.2 Å². The van der Waals surface area contributed by atoms with Crippen LogP contribution in [0.5, 0.6) is 0 Å². The minimum Gasteiger partial charge on any atom is -0.453 e. The van der Waals surface area contributed by atoms with Crippen LogP contribution in [-0.4, -0.2) is 77.2 Å². The van der Waals surface area contributed by atoms with Crippen LogP contribution in [0.2, 0.25) is 0 Å². The van der Waals surface area contributed by atoms with Crippen LogP contribution in [0.15, 0.2) is 30.5 Å². The first kappa shape index (κ1) is 27.2. The largest absolute Gasteiger partial charge is 0.453 e. The number of fused-ring (bicyclic) bond motifs is 1. The van der Waals surface area contributed by atoms with Gasteiger partial charge >= 0.3 is 12.2 Å². The fraction of sp³-hybridized carbons (Fsp3) is 0.519. The molecule has 4 heterocycles. The highest BCUT2D eigenvalue weighted by atomic mass is 16.5. The molecule has 1 aromatic carbocycles. The summed E-state index contributed by atoms with van der Waals surface area (Å²) in [5.41, 5.74) is 2.28. The van der Waals surface area contributed by atoms with Gasteiger partial charge in [0.15, 0.2) is 11.5 Å². The molecule has 0 radical (unpaired) electrons. The summed E-state index contributed by atoms with van der Waals surface area (Å²) in [4.78, 5) is 37.5. The highest BCUT2D eigenvalue weighted by molar-refractivity contribution is 5.89. The maximum atomic E-state index is 11.9. The fourth-order valence-corrected chi connectivity index (χ4v) is 4.95. The van der Waals surface area contributed by atoms with Crippen molar-refractivity contribution in [1.82, 2.24) is 24.6 Å². The number of amides is 2. The summed E-state index contributed by atoms with van der Waals surface area (Å²) in [5.74, 6) is 1.52. The molecule has 1 N–H and O–H groups in total. The number of ether oxygens (including phenoxy) is 2. The van der Waals surface area contributed by atoms with Gasteiger partial charge in [-0.15, -0.1) is 0 Å². The van der Waals surface area contributed by atoms with E-state index in [2.05, 4.69) is 15.0 Å². The van der Waals surface area contributed by atoms with Crippen molar-refractivity contribution < 1.29 is 20.5 Å². The first-order valence-corrected chi connectivity index (χ1v) is 13.4. The number of piperidine rings is 2. The molecule has 0 unspecified atom stereocenters. The Morgan fingerprint density at radius 3 is 2.26 bits per heavy atom. The Hall–Kier alpha value is -3.89. The molecule has 11 heteroatoms. The molecule has 2 aromatic heterocycles. The van der Waals surface area contributed by atoms with E-state index in [1.807, 2.05) is 36.9 Å². The molecule has 2 fully saturated rings. The van der Waals surface area contributed by atoms with Crippen molar-refractivity contribution in [2.45, 2.75) is 52.0 Å². The van der Waals surface area contributed by atoms with E-state index in [1.165, 1.54) is 20.6 Å². The Balaban J connectivity index is 0.00000137. The minimum atomic E-state index is -0.519. The number of carbonyl (C=O) groups excluding carboxylic acids is 2. The van der Waals surface area contributed by atoms with Gasteiger partial charge < -0.3 is 19.3 Å². The van der Waals surface area contributed by atoms with Crippen molar-refractivity contribution in [3.05, 3.63) is 30.5 Å². The van der Waals surface area contributed by atoms with Crippen molar-refractivity contribution in [2.75, 3.05) is 50.6 Å². The van der Waals surface area contributed by atoms with Crippen LogP contribution in [0, 0.1) is 0 Å². The Labute approximate surface area is 224 Å². The van der Waals surface area contributed by atoms with E-state index in [9.17, 15) is 9.59 Å². The zero-order valence-corrected chi connectivity index (χ0v) is 22.6. The second-order valence-corrected chi connectivity index (χ2v) is 9.13. The van der Waals surface area contributed by atoms with Gasteiger partial charge in [-0.2, -0.15) is 5.10 Å². The van der Waals surface area contributed by atoms with Crippen molar-refractivity contribution >= 4 is 34.7 Å². The summed E-state index contributed by atoms with van der Waals surface area (Å²) >= 11 is 0. The topological polar surface area (TPSA) is 115 Å². The predicted octanol–water partition coefficient (Wildman–Crippen LogP) is 5.34. The second kappa shape index (κ2) is 12.6. The quantitative estimate of drug-likeness (QED) is 0.486. The molecule has 206 valence electrons. The first-order chi connectivity index (χ1) is 18.6. The zero-order valence-electron chi connectivity index (χ0n) is 22.6. The van der Waals surface area contributed by atoms with Gasteiger partial charge in [0.2, 0.25) is 0 Å². The summed E-state index contributed by atoms with van der Waals surface area (Å²) in [5, 5.41) is 8.36. The average molecular weight is 526 g/mol. The van der Waals surface area contributed by atoms with E-state index in [4.69, 9.17) is 19.8 Å². The molecule has 3 aromatic rings. The lowest BCUT2D eigenvalue weighted by atomic mass is 10.1. The highest BCUT2D eigenvalue weighted by Gasteiger charge is 2.28. The number of hydrogen-bond acceptors (Lipinski definition) is 8. The number of nitrogens with one attached hydrogen (secondary N) is 1. The predicted molar refractivity (Wildman–Crippen MR) is 149 cm³/mol. The zero-order chi connectivity index (χ0) is 27.1. The molecule has 0 bridgehead atoms. The van der Waals surface area contributed by atoms with Gasteiger partial charge in [-0.25, -0.2) is 24.2 Å². The summed E-state index contributed by atoms with van der Waals surface area (Å²) in [6.45, 7) is 7.14.